The molecule has 1 atom stereocenters. The van der Waals surface area contributed by atoms with E-state index < -0.39 is 5.54 Å². The lowest BCUT2D eigenvalue weighted by Crippen LogP contribution is -2.55. The first-order valence-electron chi connectivity index (χ1n) is 6.87. The van der Waals surface area contributed by atoms with E-state index in [4.69, 9.17) is 17.3 Å². The van der Waals surface area contributed by atoms with Gasteiger partial charge in [0, 0.05) is 5.02 Å². The summed E-state index contributed by atoms with van der Waals surface area (Å²) in [6, 6.07) is 7.44. The van der Waals surface area contributed by atoms with Crippen molar-refractivity contribution in [3.63, 3.8) is 0 Å². The van der Waals surface area contributed by atoms with Crippen molar-refractivity contribution >= 4 is 29.9 Å². The number of carbonyl (C=O) groups is 1. The van der Waals surface area contributed by atoms with Gasteiger partial charge in [-0.1, -0.05) is 49.1 Å². The first-order valence-corrected chi connectivity index (χ1v) is 7.25. The molecular weight excluding hydrogens is 295 g/mol. The number of nitrogens with one attached hydrogen (secondary N) is 1. The Morgan fingerprint density at radius 3 is 2.50 bits per heavy atom. The number of halogens is 2. The Bertz CT molecular complexity index is 459. The second-order valence-corrected chi connectivity index (χ2v) is 5.84. The lowest BCUT2D eigenvalue weighted by Gasteiger charge is -2.33. The predicted octanol–water partition coefficient (Wildman–Crippen LogP) is 3.60. The third-order valence-corrected chi connectivity index (χ3v) is 4.26. The molecule has 0 radical (unpaired) electrons. The maximum atomic E-state index is 12.3. The third-order valence-electron chi connectivity index (χ3n) is 3.92. The van der Waals surface area contributed by atoms with E-state index in [0.29, 0.717) is 5.02 Å². The van der Waals surface area contributed by atoms with E-state index in [-0.39, 0.29) is 24.4 Å². The fourth-order valence-corrected chi connectivity index (χ4v) is 2.95. The van der Waals surface area contributed by atoms with Crippen LogP contribution in [0.3, 0.4) is 0 Å². The van der Waals surface area contributed by atoms with E-state index in [0.717, 1.165) is 31.2 Å². The van der Waals surface area contributed by atoms with Gasteiger partial charge in [0.1, 0.15) is 0 Å². The second kappa shape index (κ2) is 7.30. The van der Waals surface area contributed by atoms with Crippen molar-refractivity contribution in [2.75, 3.05) is 0 Å². The van der Waals surface area contributed by atoms with Crippen LogP contribution < -0.4 is 11.1 Å². The number of nitrogens with two attached hydrogens (primary N) is 1. The molecule has 1 aliphatic carbocycles. The molecule has 0 aromatic heterocycles. The van der Waals surface area contributed by atoms with Crippen LogP contribution in [0.4, 0.5) is 0 Å². The van der Waals surface area contributed by atoms with Crippen LogP contribution >= 0.6 is 24.0 Å². The molecule has 1 saturated carbocycles. The predicted molar refractivity (Wildman–Crippen MR) is 85.3 cm³/mol. The molecular formula is C15H22Cl2N2O. The number of carbonyl (C=O) groups excluding carboxylic acids is 1. The van der Waals surface area contributed by atoms with Gasteiger partial charge in [0.15, 0.2) is 0 Å². The summed E-state index contributed by atoms with van der Waals surface area (Å²) >= 11 is 6.14. The van der Waals surface area contributed by atoms with Gasteiger partial charge in [-0.05, 0) is 31.4 Å². The van der Waals surface area contributed by atoms with Crippen LogP contribution in [0.15, 0.2) is 24.3 Å². The molecule has 20 heavy (non-hydrogen) atoms. The molecule has 0 bridgehead atoms. The Kier molecular flexibility index (Phi) is 6.31. The molecule has 112 valence electrons. The van der Waals surface area contributed by atoms with Crippen LogP contribution in [0, 0.1) is 0 Å². The van der Waals surface area contributed by atoms with Crippen molar-refractivity contribution in [3.8, 4) is 0 Å². The average Bonchev–Trinajstić information content (AvgIpc) is 2.40. The zero-order valence-corrected chi connectivity index (χ0v) is 13.3. The fourth-order valence-electron chi connectivity index (χ4n) is 2.65. The molecule has 0 aliphatic heterocycles. The lowest BCUT2D eigenvalue weighted by molar-refractivity contribution is -0.128. The molecule has 2 rings (SSSR count). The topological polar surface area (TPSA) is 55.1 Å². The summed E-state index contributed by atoms with van der Waals surface area (Å²) in [4.78, 5) is 12.3. The molecule has 1 aromatic carbocycles. The first-order chi connectivity index (χ1) is 9.03. The minimum Gasteiger partial charge on any atom is -0.348 e. The van der Waals surface area contributed by atoms with E-state index >= 15 is 0 Å². The molecule has 3 nitrogen and oxygen atoms in total. The Balaban J connectivity index is 0.00000200. The second-order valence-electron chi connectivity index (χ2n) is 5.43. The van der Waals surface area contributed by atoms with Gasteiger partial charge in [-0.2, -0.15) is 0 Å². The lowest BCUT2D eigenvalue weighted by atomic mass is 9.81. The van der Waals surface area contributed by atoms with Gasteiger partial charge >= 0.3 is 0 Å². The highest BCUT2D eigenvalue weighted by Crippen LogP contribution is 2.28. The van der Waals surface area contributed by atoms with Gasteiger partial charge in [-0.15, -0.1) is 12.4 Å². The van der Waals surface area contributed by atoms with Crippen molar-refractivity contribution in [2.24, 2.45) is 5.73 Å². The molecule has 0 spiro atoms. The minimum absolute atomic E-state index is 0. The standard InChI is InChI=1S/C15H21ClN2O.ClH/c1-11(12-7-3-4-8-13(12)16)18-14(19)15(17)9-5-2-6-10-15;/h3-4,7-8,11H,2,5-6,9-10,17H2,1H3,(H,18,19);1H. The van der Waals surface area contributed by atoms with Gasteiger partial charge in [0.05, 0.1) is 11.6 Å². The van der Waals surface area contributed by atoms with Crippen molar-refractivity contribution in [1.82, 2.24) is 5.32 Å². The molecule has 3 N–H and O–H groups in total. The molecule has 5 heteroatoms. The average molecular weight is 317 g/mol. The smallest absolute Gasteiger partial charge is 0.240 e. The largest absolute Gasteiger partial charge is 0.348 e. The monoisotopic (exact) mass is 316 g/mol. The van der Waals surface area contributed by atoms with Crippen molar-refractivity contribution in [1.29, 1.82) is 0 Å². The molecule has 1 aromatic rings. The normalized spacial score (nSPS) is 18.8. The summed E-state index contributed by atoms with van der Waals surface area (Å²) in [6.45, 7) is 1.94. The molecule has 1 amide bonds. The third kappa shape index (κ3) is 3.87. The highest BCUT2D eigenvalue weighted by molar-refractivity contribution is 6.31. The molecule has 1 fully saturated rings. The van der Waals surface area contributed by atoms with Crippen molar-refractivity contribution in [2.45, 2.75) is 50.6 Å². The summed E-state index contributed by atoms with van der Waals surface area (Å²) in [5, 5.41) is 3.67. The minimum atomic E-state index is -0.701. The van der Waals surface area contributed by atoms with Crippen LogP contribution in [0.5, 0.6) is 0 Å². The summed E-state index contributed by atoms with van der Waals surface area (Å²) in [6.07, 6.45) is 4.78. The molecule has 0 heterocycles. The number of hydrogen-bond acceptors (Lipinski definition) is 2. The SMILES string of the molecule is CC(NC(=O)C1(N)CCCCC1)c1ccccc1Cl.Cl. The Hall–Kier alpha value is -0.770. The first kappa shape index (κ1) is 17.3. The maximum absolute atomic E-state index is 12.3. The van der Waals surface area contributed by atoms with Gasteiger partial charge in [-0.25, -0.2) is 0 Å². The van der Waals surface area contributed by atoms with Crippen LogP contribution in [0.25, 0.3) is 0 Å². The van der Waals surface area contributed by atoms with Crippen LogP contribution in [0.2, 0.25) is 5.02 Å². The number of rotatable bonds is 3. The highest BCUT2D eigenvalue weighted by atomic mass is 35.5. The zero-order chi connectivity index (χ0) is 13.9. The molecule has 0 saturated heterocycles. The number of amides is 1. The van der Waals surface area contributed by atoms with E-state index in [1.807, 2.05) is 31.2 Å². The van der Waals surface area contributed by atoms with E-state index in [1.54, 1.807) is 0 Å². The summed E-state index contributed by atoms with van der Waals surface area (Å²) in [5.74, 6) is -0.0559. The molecule has 1 aliphatic rings. The van der Waals surface area contributed by atoms with E-state index in [1.165, 1.54) is 6.42 Å². The van der Waals surface area contributed by atoms with Crippen LogP contribution in [-0.2, 0) is 4.79 Å². The number of hydrogen-bond donors (Lipinski definition) is 2. The fraction of sp³-hybridized carbons (Fsp3) is 0.533. The highest BCUT2D eigenvalue weighted by Gasteiger charge is 2.35. The van der Waals surface area contributed by atoms with Gasteiger partial charge in [0.2, 0.25) is 5.91 Å². The van der Waals surface area contributed by atoms with E-state index in [2.05, 4.69) is 5.32 Å². The zero-order valence-electron chi connectivity index (χ0n) is 11.7. The van der Waals surface area contributed by atoms with Gasteiger partial charge in [-0.3, -0.25) is 4.79 Å². The Morgan fingerprint density at radius 1 is 1.30 bits per heavy atom. The van der Waals surface area contributed by atoms with Gasteiger partial charge in [0.25, 0.3) is 0 Å². The summed E-state index contributed by atoms with van der Waals surface area (Å²) in [5.41, 5.74) is 6.45. The van der Waals surface area contributed by atoms with Crippen LogP contribution in [-0.4, -0.2) is 11.4 Å². The van der Waals surface area contributed by atoms with E-state index in [9.17, 15) is 4.79 Å². The Labute approximate surface area is 131 Å². The van der Waals surface area contributed by atoms with Crippen molar-refractivity contribution in [3.05, 3.63) is 34.9 Å². The number of benzene rings is 1. The quantitative estimate of drug-likeness (QED) is 0.895. The molecule has 1 unspecified atom stereocenters. The van der Waals surface area contributed by atoms with Crippen molar-refractivity contribution < 1.29 is 4.79 Å². The van der Waals surface area contributed by atoms with Gasteiger partial charge < -0.3 is 11.1 Å². The van der Waals surface area contributed by atoms with Crippen LogP contribution in [0.1, 0.15) is 50.6 Å². The summed E-state index contributed by atoms with van der Waals surface area (Å²) < 4.78 is 0. The Morgan fingerprint density at radius 2 is 1.90 bits per heavy atom. The maximum Gasteiger partial charge on any atom is 0.240 e. The summed E-state index contributed by atoms with van der Waals surface area (Å²) in [7, 11) is 0.